The lowest BCUT2D eigenvalue weighted by Gasteiger charge is -2.14. The third-order valence-electron chi connectivity index (χ3n) is 3.69. The van der Waals surface area contributed by atoms with Crippen molar-refractivity contribution in [2.45, 2.75) is 32.6 Å². The molecule has 1 aromatic carbocycles. The molecule has 140 valence electrons. The molecule has 1 aliphatic rings. The predicted octanol–water partition coefficient (Wildman–Crippen LogP) is 5.32. The molecule has 0 bridgehead atoms. The van der Waals surface area contributed by atoms with Crippen LogP contribution in [0, 0.1) is 0 Å². The fraction of sp³-hybridized carbons (Fsp3) is 0.389. The maximum absolute atomic E-state index is 12.6. The molecule has 0 radical (unpaired) electrons. The molecule has 0 aliphatic carbocycles. The first-order chi connectivity index (χ1) is 12.4. The number of halogens is 2. The highest BCUT2D eigenvalue weighted by Gasteiger charge is 2.31. The van der Waals surface area contributed by atoms with Gasteiger partial charge in [-0.1, -0.05) is 59.7 Å². The van der Waals surface area contributed by atoms with E-state index in [0.29, 0.717) is 38.8 Å². The van der Waals surface area contributed by atoms with Crippen molar-refractivity contribution in [3.63, 3.8) is 0 Å². The van der Waals surface area contributed by atoms with E-state index in [1.54, 1.807) is 36.1 Å². The maximum atomic E-state index is 12.6. The fourth-order valence-electron chi connectivity index (χ4n) is 2.40. The van der Waals surface area contributed by atoms with Gasteiger partial charge in [0.05, 0.1) is 11.5 Å². The minimum atomic E-state index is -0.180. The van der Waals surface area contributed by atoms with Gasteiger partial charge in [0.2, 0.25) is 0 Å². The van der Waals surface area contributed by atoms with Crippen molar-refractivity contribution in [1.29, 1.82) is 0 Å². The number of carbonyl (C=O) groups is 2. The van der Waals surface area contributed by atoms with Crippen molar-refractivity contribution < 1.29 is 14.3 Å². The van der Waals surface area contributed by atoms with Gasteiger partial charge in [-0.2, -0.15) is 0 Å². The smallest absolute Gasteiger partial charge is 0.305 e. The second-order valence-corrected chi connectivity index (χ2v) is 8.13. The summed E-state index contributed by atoms with van der Waals surface area (Å²) in [6.45, 7) is 2.73. The van der Waals surface area contributed by atoms with E-state index >= 15 is 0 Å². The number of thiocarbonyl (C=S) groups is 1. The van der Waals surface area contributed by atoms with Crippen molar-refractivity contribution in [2.24, 2.45) is 0 Å². The highest BCUT2D eigenvalue weighted by Crippen LogP contribution is 2.34. The van der Waals surface area contributed by atoms with Gasteiger partial charge in [0.15, 0.2) is 0 Å². The molecule has 1 fully saturated rings. The van der Waals surface area contributed by atoms with Crippen LogP contribution in [-0.2, 0) is 14.3 Å². The lowest BCUT2D eigenvalue weighted by Crippen LogP contribution is -2.29. The van der Waals surface area contributed by atoms with Crippen LogP contribution in [0.2, 0.25) is 10.0 Å². The number of benzene rings is 1. The number of hydrogen-bond donors (Lipinski definition) is 0. The summed E-state index contributed by atoms with van der Waals surface area (Å²) < 4.78 is 5.43. The van der Waals surface area contributed by atoms with Gasteiger partial charge in [-0.05, 0) is 43.5 Å². The number of hydrogen-bond acceptors (Lipinski definition) is 5. The zero-order chi connectivity index (χ0) is 19.1. The lowest BCUT2D eigenvalue weighted by molar-refractivity contribution is -0.143. The molecule has 0 atom stereocenters. The number of rotatable bonds is 8. The Hall–Kier alpha value is -1.08. The second kappa shape index (κ2) is 10.3. The van der Waals surface area contributed by atoms with Crippen molar-refractivity contribution in [3.8, 4) is 0 Å². The molecule has 1 heterocycles. The molecular formula is C18H19Cl2NO3S2. The Bertz CT molecular complexity index is 737. The number of amides is 1. The molecule has 0 unspecified atom stereocenters. The van der Waals surface area contributed by atoms with Crippen LogP contribution in [0.15, 0.2) is 23.1 Å². The SMILES string of the molecule is CCOC(=O)CCCCCN1C(=O)/C(=C/c2ccc(Cl)cc2Cl)SC1=S. The summed E-state index contributed by atoms with van der Waals surface area (Å²) >= 11 is 18.6. The lowest BCUT2D eigenvalue weighted by atomic mass is 10.2. The van der Waals surface area contributed by atoms with E-state index in [4.69, 9.17) is 40.2 Å². The van der Waals surface area contributed by atoms with Gasteiger partial charge < -0.3 is 4.74 Å². The van der Waals surface area contributed by atoms with Gasteiger partial charge in [0.1, 0.15) is 4.32 Å². The summed E-state index contributed by atoms with van der Waals surface area (Å²) in [5, 5.41) is 1.03. The number of nitrogens with zero attached hydrogens (tertiary/aromatic N) is 1. The molecule has 2 rings (SSSR count). The Morgan fingerprint density at radius 2 is 2.08 bits per heavy atom. The fourth-order valence-corrected chi connectivity index (χ4v) is 4.16. The Kier molecular flexibility index (Phi) is 8.41. The van der Waals surface area contributed by atoms with E-state index in [0.717, 1.165) is 24.8 Å². The Labute approximate surface area is 172 Å². The van der Waals surface area contributed by atoms with Crippen molar-refractivity contribution in [1.82, 2.24) is 4.90 Å². The van der Waals surface area contributed by atoms with E-state index in [1.807, 2.05) is 0 Å². The summed E-state index contributed by atoms with van der Waals surface area (Å²) in [4.78, 5) is 26.0. The predicted molar refractivity (Wildman–Crippen MR) is 111 cm³/mol. The molecule has 0 saturated carbocycles. The number of esters is 1. The highest BCUT2D eigenvalue weighted by molar-refractivity contribution is 8.26. The monoisotopic (exact) mass is 431 g/mol. The van der Waals surface area contributed by atoms with Crippen LogP contribution in [0.4, 0.5) is 0 Å². The van der Waals surface area contributed by atoms with Crippen molar-refractivity contribution >= 4 is 69.5 Å². The van der Waals surface area contributed by atoms with Crippen molar-refractivity contribution in [2.75, 3.05) is 13.2 Å². The Balaban J connectivity index is 1.88. The van der Waals surface area contributed by atoms with Gasteiger partial charge >= 0.3 is 5.97 Å². The number of thioether (sulfide) groups is 1. The standard InChI is InChI=1S/C18H19Cl2NO3S2/c1-2-24-16(22)6-4-3-5-9-21-17(23)15(26-18(21)25)10-12-7-8-13(19)11-14(12)20/h7-8,10-11H,2-6,9H2,1H3/b15-10-. The van der Waals surface area contributed by atoms with Gasteiger partial charge in [0, 0.05) is 23.0 Å². The van der Waals surface area contributed by atoms with Gasteiger partial charge in [-0.25, -0.2) is 0 Å². The van der Waals surface area contributed by atoms with Crippen LogP contribution in [0.1, 0.15) is 38.2 Å². The van der Waals surface area contributed by atoms with Crippen LogP contribution in [0.25, 0.3) is 6.08 Å². The van der Waals surface area contributed by atoms with Crippen LogP contribution in [0.5, 0.6) is 0 Å². The normalized spacial score (nSPS) is 15.8. The largest absolute Gasteiger partial charge is 0.466 e. The Morgan fingerprint density at radius 1 is 1.31 bits per heavy atom. The molecule has 1 saturated heterocycles. The van der Waals surface area contributed by atoms with E-state index in [2.05, 4.69) is 0 Å². The number of unbranched alkanes of at least 4 members (excludes halogenated alkanes) is 2. The summed E-state index contributed by atoms with van der Waals surface area (Å²) in [5.41, 5.74) is 0.728. The minimum Gasteiger partial charge on any atom is -0.466 e. The van der Waals surface area contributed by atoms with Gasteiger partial charge in [-0.3, -0.25) is 14.5 Å². The average molecular weight is 432 g/mol. The summed E-state index contributed by atoms with van der Waals surface area (Å²) in [7, 11) is 0. The molecule has 0 aromatic heterocycles. The van der Waals surface area contributed by atoms with E-state index < -0.39 is 0 Å². The highest BCUT2D eigenvalue weighted by atomic mass is 35.5. The third-order valence-corrected chi connectivity index (χ3v) is 5.63. The number of ether oxygens (including phenoxy) is 1. The summed E-state index contributed by atoms with van der Waals surface area (Å²) in [5.74, 6) is -0.294. The first-order valence-electron chi connectivity index (χ1n) is 8.28. The average Bonchev–Trinajstić information content (AvgIpc) is 2.84. The molecule has 8 heteroatoms. The van der Waals surface area contributed by atoms with Crippen LogP contribution >= 0.6 is 47.2 Å². The van der Waals surface area contributed by atoms with Crippen LogP contribution < -0.4 is 0 Å². The quantitative estimate of drug-likeness (QED) is 0.241. The maximum Gasteiger partial charge on any atom is 0.305 e. The van der Waals surface area contributed by atoms with Crippen molar-refractivity contribution in [3.05, 3.63) is 38.7 Å². The molecule has 1 aromatic rings. The van der Waals surface area contributed by atoms with E-state index in [9.17, 15) is 9.59 Å². The summed E-state index contributed by atoms with van der Waals surface area (Å²) in [6.07, 6.45) is 4.49. The Morgan fingerprint density at radius 3 is 2.77 bits per heavy atom. The second-order valence-electron chi connectivity index (χ2n) is 5.61. The molecule has 1 amide bonds. The first kappa shape index (κ1) is 21.2. The first-order valence-corrected chi connectivity index (χ1v) is 10.3. The van der Waals surface area contributed by atoms with E-state index in [1.165, 1.54) is 11.8 Å². The van der Waals surface area contributed by atoms with Crippen LogP contribution in [0.3, 0.4) is 0 Å². The number of carbonyl (C=O) groups excluding carboxylic acids is 2. The zero-order valence-electron chi connectivity index (χ0n) is 14.3. The summed E-state index contributed by atoms with van der Waals surface area (Å²) in [6, 6.07) is 5.13. The topological polar surface area (TPSA) is 46.6 Å². The third kappa shape index (κ3) is 5.98. The molecule has 0 spiro atoms. The molecule has 4 nitrogen and oxygen atoms in total. The van der Waals surface area contributed by atoms with Crippen LogP contribution in [-0.4, -0.2) is 34.2 Å². The zero-order valence-corrected chi connectivity index (χ0v) is 17.4. The van der Waals surface area contributed by atoms with E-state index in [-0.39, 0.29) is 11.9 Å². The molecular weight excluding hydrogens is 413 g/mol. The minimum absolute atomic E-state index is 0.114. The molecule has 0 N–H and O–H groups in total. The molecule has 1 aliphatic heterocycles. The van der Waals surface area contributed by atoms with Gasteiger partial charge in [0.25, 0.3) is 5.91 Å². The van der Waals surface area contributed by atoms with Gasteiger partial charge in [-0.15, -0.1) is 0 Å². The molecule has 26 heavy (non-hydrogen) atoms.